The molecule has 90 valence electrons. The lowest BCUT2D eigenvalue weighted by molar-refractivity contribution is 0.457. The lowest BCUT2D eigenvalue weighted by Crippen LogP contribution is -2.32. The van der Waals surface area contributed by atoms with E-state index in [9.17, 15) is 0 Å². The number of benzene rings is 1. The summed E-state index contributed by atoms with van der Waals surface area (Å²) in [6.45, 7) is 0.779. The molecule has 17 heavy (non-hydrogen) atoms. The van der Waals surface area contributed by atoms with E-state index in [4.69, 9.17) is 5.73 Å². The van der Waals surface area contributed by atoms with Gasteiger partial charge in [0, 0.05) is 36.1 Å². The average Bonchev–Trinajstić information content (AvgIpc) is 2.97. The molecule has 0 radical (unpaired) electrons. The quantitative estimate of drug-likeness (QED) is 0.841. The molecule has 0 amide bonds. The van der Waals surface area contributed by atoms with Crippen LogP contribution in [0.25, 0.3) is 10.9 Å². The number of aryl methyl sites for hydroxylation is 1. The summed E-state index contributed by atoms with van der Waals surface area (Å²) in [5.74, 6) is 0. The highest BCUT2D eigenvalue weighted by Gasteiger charge is 2.35. The van der Waals surface area contributed by atoms with Crippen molar-refractivity contribution in [2.24, 2.45) is 12.8 Å². The second-order valence-corrected chi connectivity index (χ2v) is 5.36. The highest BCUT2D eigenvalue weighted by molar-refractivity contribution is 5.84. The second kappa shape index (κ2) is 3.88. The van der Waals surface area contributed by atoms with Crippen LogP contribution in [-0.4, -0.2) is 11.1 Å². The van der Waals surface area contributed by atoms with Gasteiger partial charge in [0.25, 0.3) is 0 Å². The topological polar surface area (TPSA) is 30.9 Å². The van der Waals surface area contributed by atoms with Gasteiger partial charge in [-0.05, 0) is 30.5 Å². The van der Waals surface area contributed by atoms with Crippen LogP contribution in [0.4, 0.5) is 0 Å². The summed E-state index contributed by atoms with van der Waals surface area (Å²) in [7, 11) is 2.11. The van der Waals surface area contributed by atoms with Crippen molar-refractivity contribution in [2.75, 3.05) is 6.54 Å². The Hall–Kier alpha value is -1.28. The largest absolute Gasteiger partial charge is 0.351 e. The molecule has 0 atom stereocenters. The van der Waals surface area contributed by atoms with Gasteiger partial charge in [-0.3, -0.25) is 0 Å². The number of nitrogens with two attached hydrogens (primary N) is 1. The van der Waals surface area contributed by atoms with Gasteiger partial charge in [-0.15, -0.1) is 0 Å². The number of hydrogen-bond acceptors (Lipinski definition) is 1. The smallest absolute Gasteiger partial charge is 0.0480 e. The van der Waals surface area contributed by atoms with E-state index in [1.807, 2.05) is 0 Å². The molecule has 0 unspecified atom stereocenters. The summed E-state index contributed by atoms with van der Waals surface area (Å²) >= 11 is 0. The third-order valence-electron chi connectivity index (χ3n) is 4.45. The van der Waals surface area contributed by atoms with Crippen LogP contribution < -0.4 is 5.73 Å². The summed E-state index contributed by atoms with van der Waals surface area (Å²) < 4.78 is 2.19. The second-order valence-electron chi connectivity index (χ2n) is 5.36. The Morgan fingerprint density at radius 2 is 2.00 bits per heavy atom. The van der Waals surface area contributed by atoms with E-state index in [0.717, 1.165) is 6.54 Å². The van der Waals surface area contributed by atoms with E-state index in [1.165, 1.54) is 42.1 Å². The van der Waals surface area contributed by atoms with E-state index >= 15 is 0 Å². The zero-order valence-corrected chi connectivity index (χ0v) is 10.4. The van der Waals surface area contributed by atoms with Gasteiger partial charge >= 0.3 is 0 Å². The van der Waals surface area contributed by atoms with Gasteiger partial charge in [0.05, 0.1) is 0 Å². The maximum absolute atomic E-state index is 6.09. The molecule has 1 heterocycles. The molecule has 1 fully saturated rings. The van der Waals surface area contributed by atoms with E-state index in [1.54, 1.807) is 0 Å². The van der Waals surface area contributed by atoms with Crippen LogP contribution in [0.2, 0.25) is 0 Å². The van der Waals surface area contributed by atoms with Crippen LogP contribution in [0.5, 0.6) is 0 Å². The molecule has 0 saturated heterocycles. The van der Waals surface area contributed by atoms with Gasteiger partial charge in [0.1, 0.15) is 0 Å². The van der Waals surface area contributed by atoms with Gasteiger partial charge in [-0.1, -0.05) is 25.0 Å². The first-order valence-electron chi connectivity index (χ1n) is 6.51. The minimum Gasteiger partial charge on any atom is -0.351 e. The lowest BCUT2D eigenvalue weighted by Gasteiger charge is -2.28. The normalized spacial score (nSPS) is 18.9. The highest BCUT2D eigenvalue weighted by atomic mass is 14.9. The van der Waals surface area contributed by atoms with E-state index in [-0.39, 0.29) is 5.41 Å². The van der Waals surface area contributed by atoms with Crippen LogP contribution in [0, 0.1) is 0 Å². The van der Waals surface area contributed by atoms with Crippen LogP contribution >= 0.6 is 0 Å². The van der Waals surface area contributed by atoms with Crippen LogP contribution in [0.3, 0.4) is 0 Å². The third kappa shape index (κ3) is 1.51. The Labute approximate surface area is 102 Å². The average molecular weight is 228 g/mol. The summed E-state index contributed by atoms with van der Waals surface area (Å²) in [6.07, 6.45) is 7.28. The van der Waals surface area contributed by atoms with E-state index < -0.39 is 0 Å². The molecular formula is C15H20N2. The molecule has 2 aromatic rings. The SMILES string of the molecule is Cn1ccc2c(C3(CN)CCCC3)cccc21. The Balaban J connectivity index is 2.22. The first-order valence-corrected chi connectivity index (χ1v) is 6.51. The Morgan fingerprint density at radius 1 is 1.24 bits per heavy atom. The van der Waals surface area contributed by atoms with Crippen molar-refractivity contribution in [3.63, 3.8) is 0 Å². The van der Waals surface area contributed by atoms with Crippen molar-refractivity contribution in [3.05, 3.63) is 36.0 Å². The summed E-state index contributed by atoms with van der Waals surface area (Å²) in [6, 6.07) is 8.88. The molecule has 0 aliphatic heterocycles. The van der Waals surface area contributed by atoms with Gasteiger partial charge in [0.15, 0.2) is 0 Å². The molecule has 3 rings (SSSR count). The van der Waals surface area contributed by atoms with E-state index in [2.05, 4.69) is 42.1 Å². The molecule has 1 saturated carbocycles. The maximum Gasteiger partial charge on any atom is 0.0480 e. The van der Waals surface area contributed by atoms with Crippen molar-refractivity contribution >= 4 is 10.9 Å². The highest BCUT2D eigenvalue weighted by Crippen LogP contribution is 2.42. The van der Waals surface area contributed by atoms with Crippen molar-refractivity contribution in [3.8, 4) is 0 Å². The molecule has 2 N–H and O–H groups in total. The van der Waals surface area contributed by atoms with Crippen molar-refractivity contribution in [1.82, 2.24) is 4.57 Å². The number of rotatable bonds is 2. The van der Waals surface area contributed by atoms with Gasteiger partial charge in [0.2, 0.25) is 0 Å². The Kier molecular flexibility index (Phi) is 2.48. The molecule has 1 aromatic carbocycles. The molecule has 0 bridgehead atoms. The van der Waals surface area contributed by atoms with Crippen LogP contribution in [-0.2, 0) is 12.5 Å². The summed E-state index contributed by atoms with van der Waals surface area (Å²) in [4.78, 5) is 0. The molecule has 1 aliphatic carbocycles. The van der Waals surface area contributed by atoms with Gasteiger partial charge < -0.3 is 10.3 Å². The van der Waals surface area contributed by atoms with Crippen molar-refractivity contribution in [1.29, 1.82) is 0 Å². The molecule has 1 aromatic heterocycles. The zero-order valence-electron chi connectivity index (χ0n) is 10.4. The maximum atomic E-state index is 6.09. The van der Waals surface area contributed by atoms with Gasteiger partial charge in [-0.2, -0.15) is 0 Å². The minimum atomic E-state index is 0.237. The van der Waals surface area contributed by atoms with Crippen LogP contribution in [0.1, 0.15) is 31.2 Å². The monoisotopic (exact) mass is 228 g/mol. The summed E-state index contributed by atoms with van der Waals surface area (Å²) in [5, 5.41) is 1.39. The minimum absolute atomic E-state index is 0.237. The standard InChI is InChI=1S/C15H20N2/c1-17-10-7-12-13(5-4-6-14(12)17)15(11-16)8-2-3-9-15/h4-7,10H,2-3,8-9,11,16H2,1H3. The fraction of sp³-hybridized carbons (Fsp3) is 0.467. The molecular weight excluding hydrogens is 208 g/mol. The molecule has 1 aliphatic rings. The van der Waals surface area contributed by atoms with Crippen molar-refractivity contribution < 1.29 is 0 Å². The fourth-order valence-corrected chi connectivity index (χ4v) is 3.40. The number of hydrogen-bond donors (Lipinski definition) is 1. The first-order chi connectivity index (χ1) is 8.27. The molecule has 0 spiro atoms. The lowest BCUT2D eigenvalue weighted by atomic mass is 9.77. The van der Waals surface area contributed by atoms with Crippen LogP contribution in [0.15, 0.2) is 30.5 Å². The van der Waals surface area contributed by atoms with Gasteiger partial charge in [-0.25, -0.2) is 0 Å². The summed E-state index contributed by atoms with van der Waals surface area (Å²) in [5.41, 5.74) is 9.12. The Morgan fingerprint density at radius 3 is 2.71 bits per heavy atom. The third-order valence-corrected chi connectivity index (χ3v) is 4.45. The van der Waals surface area contributed by atoms with E-state index in [0.29, 0.717) is 0 Å². The zero-order chi connectivity index (χ0) is 11.9. The predicted octanol–water partition coefficient (Wildman–Crippen LogP) is 2.95. The predicted molar refractivity (Wildman–Crippen MR) is 72.1 cm³/mol. The fourth-order valence-electron chi connectivity index (χ4n) is 3.40. The molecule has 2 nitrogen and oxygen atoms in total. The number of nitrogens with zero attached hydrogens (tertiary/aromatic N) is 1. The Bertz CT molecular complexity index is 533. The number of aromatic nitrogens is 1. The van der Waals surface area contributed by atoms with Crippen molar-refractivity contribution in [2.45, 2.75) is 31.1 Å². The molecule has 2 heteroatoms. The first kappa shape index (κ1) is 10.8. The number of fused-ring (bicyclic) bond motifs is 1.